The van der Waals surface area contributed by atoms with Gasteiger partial charge in [0.25, 0.3) is 0 Å². The van der Waals surface area contributed by atoms with E-state index in [2.05, 4.69) is 278 Å². The summed E-state index contributed by atoms with van der Waals surface area (Å²) in [6.07, 6.45) is 9.44. The normalized spacial score (nSPS) is 23.7. The van der Waals surface area contributed by atoms with Crippen LogP contribution in [0.4, 0.5) is 47.6 Å². The second kappa shape index (κ2) is 28.1. The third-order valence-electron chi connectivity index (χ3n) is 24.4. The van der Waals surface area contributed by atoms with Crippen LogP contribution in [-0.2, 0) is 0 Å². The number of aromatic nitrogens is 9. The van der Waals surface area contributed by atoms with E-state index in [9.17, 15) is 0 Å². The molecule has 3 aromatic heterocycles. The lowest BCUT2D eigenvalue weighted by Gasteiger charge is -2.55. The lowest BCUT2D eigenvalue weighted by Crippen LogP contribution is -2.62. The Balaban J connectivity index is 0.00000544. The first-order valence-electron chi connectivity index (χ1n) is 34.4. The van der Waals surface area contributed by atoms with Crippen LogP contribution in [0.25, 0.3) is 0 Å². The molecule has 8 rings (SSSR count). The van der Waals surface area contributed by atoms with E-state index < -0.39 is 0 Å². The van der Waals surface area contributed by atoms with Gasteiger partial charge in [-0.15, -0.1) is 0 Å². The molecule has 544 valence electrons. The summed E-state index contributed by atoms with van der Waals surface area (Å²) in [4.78, 5) is 77.3. The number of anilines is 8. The van der Waals surface area contributed by atoms with Crippen molar-refractivity contribution in [3.63, 3.8) is 0 Å². The van der Waals surface area contributed by atoms with Crippen molar-refractivity contribution < 1.29 is 0 Å². The molecule has 0 unspecified atom stereocenters. The van der Waals surface area contributed by atoms with Crippen molar-refractivity contribution in [2.24, 2.45) is 0 Å². The van der Waals surface area contributed by atoms with Crippen molar-refractivity contribution in [3.05, 3.63) is 5.82 Å². The van der Waals surface area contributed by atoms with E-state index in [-0.39, 0.29) is 121 Å². The standard InChI is InChI=1S/C69H129N23.3CH4/c1-46-72-52(74-53(73-46)81(23)47-33-60(2,3)86(28)61(4,5)34-47)71-44-92(59-79-56(84(26)50-39-66(14,15)89(31)67(16,17)40-50)76-57(80-59)85(27)51-41-68(18,19)90(32)69(20,21)42-51)45-91(43-70-22)58-77-54(82(24)48-35-62(6,7)87(29)63(8,9)36-48)75-55(78-58)83(25)49-37-64(10,11)88(30)65(12,13)38-49;;;/h47-51,70H,33-45H2,1-32H3,(H,71,72,73,74);3*1H4. The van der Waals surface area contributed by atoms with Gasteiger partial charge < -0.3 is 44.9 Å². The summed E-state index contributed by atoms with van der Waals surface area (Å²) >= 11 is 0. The van der Waals surface area contributed by atoms with Crippen LogP contribution >= 0.6 is 0 Å². The quantitative estimate of drug-likeness (QED) is 0.108. The highest BCUT2D eigenvalue weighted by molar-refractivity contribution is 5.52. The van der Waals surface area contributed by atoms with Crippen molar-refractivity contribution in [3.8, 4) is 0 Å². The lowest BCUT2D eigenvalue weighted by atomic mass is 9.77. The maximum Gasteiger partial charge on any atom is 0.234 e. The molecule has 0 spiro atoms. The summed E-state index contributed by atoms with van der Waals surface area (Å²) in [5.74, 6) is 5.31. The molecule has 3 aromatic rings. The molecule has 5 fully saturated rings. The van der Waals surface area contributed by atoms with Crippen molar-refractivity contribution in [1.82, 2.24) is 74.7 Å². The molecule has 23 nitrogen and oxygen atoms in total. The highest BCUT2D eigenvalue weighted by atomic mass is 15.5. The third-order valence-corrected chi connectivity index (χ3v) is 24.4. The predicted octanol–water partition coefficient (Wildman–Crippen LogP) is 11.4. The zero-order valence-corrected chi connectivity index (χ0v) is 64.0. The summed E-state index contributed by atoms with van der Waals surface area (Å²) in [6, 6.07) is 0.803. The number of hydrogen-bond donors (Lipinski definition) is 2. The minimum atomic E-state index is -0.0791. The number of nitrogens with one attached hydrogen (secondary N) is 2. The average molecular weight is 1330 g/mol. The zero-order chi connectivity index (χ0) is 69.0. The molecular formula is C72H141N23. The number of nitrogens with zero attached hydrogens (tertiary/aromatic N) is 21. The molecule has 0 atom stereocenters. The van der Waals surface area contributed by atoms with E-state index >= 15 is 0 Å². The summed E-state index contributed by atoms with van der Waals surface area (Å²) in [5.41, 5.74) is -0.630. The first-order valence-corrected chi connectivity index (χ1v) is 34.4. The molecule has 0 bridgehead atoms. The number of hydrogen-bond acceptors (Lipinski definition) is 23. The second-order valence-electron chi connectivity index (χ2n) is 35.3. The third kappa shape index (κ3) is 16.8. The summed E-state index contributed by atoms with van der Waals surface area (Å²) < 4.78 is 0. The van der Waals surface area contributed by atoms with Crippen molar-refractivity contribution in [2.75, 3.05) is 137 Å². The Morgan fingerprint density at radius 2 is 0.516 bits per heavy atom. The predicted molar refractivity (Wildman–Crippen MR) is 403 cm³/mol. The van der Waals surface area contributed by atoms with Gasteiger partial charge >= 0.3 is 0 Å². The SMILES string of the molecule is C.C.C.CNCN(CN(CNc1nc(C)nc(N(C)C2CC(C)(C)N(C)C(C)(C)C2)n1)c1nc(N(C)C2CC(C)(C)N(C)C(C)(C)C2)nc(N(C)C2CC(C)(C)N(C)C(C)(C)C2)n1)c1nc(N(C)C2CC(C)(C)N(C)C(C)(C)C2)nc(N(C)C2CC(C)(C)N(C)C(C)(C)C2)n1. The van der Waals surface area contributed by atoms with Crippen molar-refractivity contribution >= 4 is 47.6 Å². The number of piperidine rings is 5. The largest absolute Gasteiger partial charge is 0.341 e. The molecule has 23 heteroatoms. The number of rotatable bonds is 19. The molecule has 2 N–H and O–H groups in total. The maximum atomic E-state index is 5.63. The first kappa shape index (κ1) is 80.9. The molecule has 8 heterocycles. The van der Waals surface area contributed by atoms with E-state index in [1.165, 1.54) is 0 Å². The molecule has 5 saturated heterocycles. The van der Waals surface area contributed by atoms with E-state index in [1.54, 1.807) is 0 Å². The van der Waals surface area contributed by atoms with Gasteiger partial charge in [-0.3, -0.25) is 24.5 Å². The van der Waals surface area contributed by atoms with Crippen LogP contribution in [0.2, 0.25) is 0 Å². The zero-order valence-electron chi connectivity index (χ0n) is 64.0. The number of aryl methyl sites for hydroxylation is 1. The van der Waals surface area contributed by atoms with Gasteiger partial charge in [-0.05, 0) is 252 Å². The maximum absolute atomic E-state index is 5.63. The highest BCUT2D eigenvalue weighted by Crippen LogP contribution is 2.45. The van der Waals surface area contributed by atoms with Crippen molar-refractivity contribution in [2.45, 2.75) is 317 Å². The molecule has 0 amide bonds. The van der Waals surface area contributed by atoms with Gasteiger partial charge in [0.05, 0.1) is 20.0 Å². The summed E-state index contributed by atoms with van der Waals surface area (Å²) in [7, 11) is 24.2. The monoisotopic (exact) mass is 1330 g/mol. The Morgan fingerprint density at radius 3 is 0.737 bits per heavy atom. The smallest absolute Gasteiger partial charge is 0.234 e. The van der Waals surface area contributed by atoms with Crippen molar-refractivity contribution in [1.29, 1.82) is 0 Å². The van der Waals surface area contributed by atoms with Gasteiger partial charge in [-0.2, -0.15) is 44.9 Å². The van der Waals surface area contributed by atoms with Crippen LogP contribution in [0, 0.1) is 6.92 Å². The Hall–Kier alpha value is -4.81. The van der Waals surface area contributed by atoms with Gasteiger partial charge in [-0.1, -0.05) is 22.3 Å². The minimum Gasteiger partial charge on any atom is -0.341 e. The Morgan fingerprint density at radius 1 is 0.316 bits per heavy atom. The average Bonchev–Trinajstić information content (AvgIpc) is 0.787. The number of likely N-dealkylation sites (tertiary alicyclic amines) is 5. The molecule has 5 aliphatic heterocycles. The first-order chi connectivity index (χ1) is 42.0. The fourth-order valence-corrected chi connectivity index (χ4v) is 17.0. The highest BCUT2D eigenvalue weighted by Gasteiger charge is 2.50. The van der Waals surface area contributed by atoms with E-state index in [4.69, 9.17) is 44.9 Å². The summed E-state index contributed by atoms with van der Waals surface area (Å²) in [5, 5.41) is 7.30. The molecule has 0 saturated carbocycles. The van der Waals surface area contributed by atoms with E-state index in [0.29, 0.717) is 60.1 Å². The van der Waals surface area contributed by atoms with Crippen LogP contribution in [-0.4, -0.2) is 252 Å². The van der Waals surface area contributed by atoms with Gasteiger partial charge in [0.2, 0.25) is 47.6 Å². The topological polar surface area (TPSA) is 179 Å². The fraction of sp³-hybridized carbons (Fsp3) is 0.875. The van der Waals surface area contributed by atoms with Crippen LogP contribution in [0.15, 0.2) is 0 Å². The molecule has 0 aromatic carbocycles. The van der Waals surface area contributed by atoms with Gasteiger partial charge in [0.15, 0.2) is 0 Å². The van der Waals surface area contributed by atoms with Crippen LogP contribution in [0.1, 0.15) is 231 Å². The van der Waals surface area contributed by atoms with Gasteiger partial charge in [-0.25, -0.2) is 0 Å². The van der Waals surface area contributed by atoms with Gasteiger partial charge in [0, 0.05) is 121 Å². The van der Waals surface area contributed by atoms with E-state index in [0.717, 1.165) is 64.2 Å². The Bertz CT molecular complexity index is 2820. The van der Waals surface area contributed by atoms with Crippen LogP contribution in [0.5, 0.6) is 0 Å². The molecule has 0 radical (unpaired) electrons. The minimum absolute atomic E-state index is 0. The fourth-order valence-electron chi connectivity index (χ4n) is 17.0. The Kier molecular flexibility index (Phi) is 23.9. The summed E-state index contributed by atoms with van der Waals surface area (Å²) in [6.45, 7) is 50.0. The Labute approximate surface area is 580 Å². The van der Waals surface area contributed by atoms with Crippen LogP contribution < -0.4 is 44.9 Å². The molecular weight excluding hydrogens is 1190 g/mol. The molecule has 0 aliphatic carbocycles. The lowest BCUT2D eigenvalue weighted by molar-refractivity contribution is -0.0127. The van der Waals surface area contributed by atoms with Gasteiger partial charge in [0.1, 0.15) is 5.82 Å². The molecule has 95 heavy (non-hydrogen) atoms. The van der Waals surface area contributed by atoms with Crippen LogP contribution in [0.3, 0.4) is 0 Å². The molecule has 5 aliphatic rings. The van der Waals surface area contributed by atoms with E-state index in [1.807, 2.05) is 14.0 Å². The second-order valence-corrected chi connectivity index (χ2v) is 35.3.